The summed E-state index contributed by atoms with van der Waals surface area (Å²) in [6.07, 6.45) is 3.44. The molecule has 27 heavy (non-hydrogen) atoms. The fraction of sp³-hybridized carbons (Fsp3) is 0.217. The first-order valence-corrected chi connectivity index (χ1v) is 9.03. The van der Waals surface area contributed by atoms with Gasteiger partial charge >= 0.3 is 0 Å². The Labute approximate surface area is 159 Å². The number of pyridine rings is 1. The maximum atomic E-state index is 12.6. The van der Waals surface area contributed by atoms with Crippen molar-refractivity contribution in [2.24, 2.45) is 0 Å². The van der Waals surface area contributed by atoms with Gasteiger partial charge in [-0.2, -0.15) is 0 Å². The number of nitrogens with zero attached hydrogens (tertiary/aromatic N) is 2. The molecule has 1 aliphatic heterocycles. The molecule has 0 radical (unpaired) electrons. The molecule has 1 aromatic heterocycles. The third-order valence-corrected chi connectivity index (χ3v) is 5.20. The second-order valence-corrected chi connectivity index (χ2v) is 7.32. The third-order valence-electron chi connectivity index (χ3n) is 5.20. The summed E-state index contributed by atoms with van der Waals surface area (Å²) in [5.41, 5.74) is 3.90. The molecular formula is C23H22N2O2. The van der Waals surface area contributed by atoms with E-state index >= 15 is 0 Å². The number of carbonyl (C=O) groups is 1. The van der Waals surface area contributed by atoms with Crippen LogP contribution in [0.4, 0.5) is 5.69 Å². The van der Waals surface area contributed by atoms with Crippen LogP contribution in [0.15, 0.2) is 72.6 Å². The maximum absolute atomic E-state index is 12.6. The molecule has 136 valence electrons. The summed E-state index contributed by atoms with van der Waals surface area (Å²) in [6.45, 7) is 4.27. The Kier molecular flexibility index (Phi) is 4.19. The lowest BCUT2D eigenvalue weighted by Gasteiger charge is -2.24. The Balaban J connectivity index is 1.56. The zero-order valence-electron chi connectivity index (χ0n) is 15.8. The number of carbonyl (C=O) groups excluding carboxylic acids is 1. The van der Waals surface area contributed by atoms with Crippen LogP contribution in [0.2, 0.25) is 0 Å². The van der Waals surface area contributed by atoms with Crippen LogP contribution >= 0.6 is 0 Å². The van der Waals surface area contributed by atoms with Gasteiger partial charge in [-0.1, -0.05) is 50.2 Å². The summed E-state index contributed by atoms with van der Waals surface area (Å²) in [7, 11) is 2.00. The topological polar surface area (TPSA) is 42.4 Å². The van der Waals surface area contributed by atoms with E-state index in [0.717, 1.165) is 22.3 Å². The minimum Gasteiger partial charge on any atom is -0.483 e. The van der Waals surface area contributed by atoms with Gasteiger partial charge in [0.1, 0.15) is 11.3 Å². The first kappa shape index (κ1) is 17.3. The van der Waals surface area contributed by atoms with E-state index < -0.39 is 0 Å². The van der Waals surface area contributed by atoms with Crippen molar-refractivity contribution in [2.45, 2.75) is 19.3 Å². The Morgan fingerprint density at radius 2 is 1.89 bits per heavy atom. The van der Waals surface area contributed by atoms with E-state index in [0.29, 0.717) is 5.75 Å². The summed E-state index contributed by atoms with van der Waals surface area (Å²) < 4.78 is 5.80. The van der Waals surface area contributed by atoms with Crippen LogP contribution < -0.4 is 9.64 Å². The average Bonchev–Trinajstić information content (AvgIpc) is 2.87. The highest BCUT2D eigenvalue weighted by atomic mass is 16.5. The number of hydrogen-bond acceptors (Lipinski definition) is 4. The molecule has 0 N–H and O–H groups in total. The molecule has 4 rings (SSSR count). The number of ketones is 1. The fourth-order valence-electron chi connectivity index (χ4n) is 3.79. The van der Waals surface area contributed by atoms with Gasteiger partial charge in [0, 0.05) is 41.5 Å². The van der Waals surface area contributed by atoms with E-state index in [1.54, 1.807) is 12.3 Å². The number of hydrogen-bond donors (Lipinski definition) is 0. The largest absolute Gasteiger partial charge is 0.483 e. The SMILES string of the molecule is CN1C(=CC(=O)COc2cccc3cccnc23)C(C)(C)c2ccccc21. The molecule has 4 heteroatoms. The standard InChI is InChI=1S/C23H22N2O2/c1-23(2)18-10-4-5-11-19(18)25(3)21(23)14-17(26)15-27-20-12-6-8-16-9-7-13-24-22(16)20/h4-14H,15H2,1-3H3. The van der Waals surface area contributed by atoms with Crippen LogP contribution in [-0.4, -0.2) is 24.4 Å². The number of para-hydroxylation sites is 2. The molecule has 0 unspecified atom stereocenters. The van der Waals surface area contributed by atoms with E-state index in [2.05, 4.69) is 35.9 Å². The van der Waals surface area contributed by atoms with Crippen molar-refractivity contribution in [1.82, 2.24) is 4.98 Å². The van der Waals surface area contributed by atoms with E-state index in [1.807, 2.05) is 49.5 Å². The molecule has 0 atom stereocenters. The van der Waals surface area contributed by atoms with Crippen molar-refractivity contribution < 1.29 is 9.53 Å². The minimum absolute atomic E-state index is 0.0144. The van der Waals surface area contributed by atoms with Gasteiger partial charge in [-0.25, -0.2) is 0 Å². The quantitative estimate of drug-likeness (QED) is 0.644. The smallest absolute Gasteiger partial charge is 0.194 e. The molecule has 2 heterocycles. The minimum atomic E-state index is -0.220. The lowest BCUT2D eigenvalue weighted by molar-refractivity contribution is -0.116. The van der Waals surface area contributed by atoms with Gasteiger partial charge in [0.15, 0.2) is 12.4 Å². The highest BCUT2D eigenvalue weighted by Crippen LogP contribution is 2.46. The van der Waals surface area contributed by atoms with Crippen LogP contribution in [0.1, 0.15) is 19.4 Å². The lowest BCUT2D eigenvalue weighted by Crippen LogP contribution is -2.25. The van der Waals surface area contributed by atoms with E-state index in [4.69, 9.17) is 4.74 Å². The first-order chi connectivity index (χ1) is 13.0. The predicted octanol–water partition coefficient (Wildman–Crippen LogP) is 4.49. The molecular weight excluding hydrogens is 336 g/mol. The Morgan fingerprint density at radius 3 is 2.70 bits per heavy atom. The molecule has 0 spiro atoms. The summed E-state index contributed by atoms with van der Waals surface area (Å²) in [5.74, 6) is 0.563. The normalized spacial score (nSPS) is 16.6. The molecule has 4 nitrogen and oxygen atoms in total. The zero-order valence-corrected chi connectivity index (χ0v) is 15.8. The second kappa shape index (κ2) is 6.54. The van der Waals surface area contributed by atoms with E-state index in [-0.39, 0.29) is 17.8 Å². The number of allylic oxidation sites excluding steroid dienone is 1. The maximum Gasteiger partial charge on any atom is 0.194 e. The summed E-state index contributed by atoms with van der Waals surface area (Å²) in [4.78, 5) is 19.1. The van der Waals surface area contributed by atoms with Gasteiger partial charge in [0.25, 0.3) is 0 Å². The average molecular weight is 358 g/mol. The number of ether oxygens (including phenoxy) is 1. The fourth-order valence-corrected chi connectivity index (χ4v) is 3.79. The van der Waals surface area contributed by atoms with Crippen molar-refractivity contribution >= 4 is 22.4 Å². The third kappa shape index (κ3) is 2.97. The van der Waals surface area contributed by atoms with Crippen LogP contribution in [0.25, 0.3) is 10.9 Å². The van der Waals surface area contributed by atoms with Gasteiger partial charge in [-0.05, 0) is 23.8 Å². The van der Waals surface area contributed by atoms with Crippen LogP contribution in [0, 0.1) is 0 Å². The van der Waals surface area contributed by atoms with Crippen molar-refractivity contribution in [2.75, 3.05) is 18.6 Å². The molecule has 0 bridgehead atoms. The van der Waals surface area contributed by atoms with Gasteiger partial charge in [-0.3, -0.25) is 9.78 Å². The number of benzene rings is 2. The highest BCUT2D eigenvalue weighted by molar-refractivity contribution is 5.94. The van der Waals surface area contributed by atoms with Gasteiger partial charge in [0.05, 0.1) is 0 Å². The Hall–Kier alpha value is -3.14. The lowest BCUT2D eigenvalue weighted by atomic mass is 9.83. The molecule has 2 aromatic carbocycles. The molecule has 0 fully saturated rings. The van der Waals surface area contributed by atoms with Crippen LogP contribution in [-0.2, 0) is 10.2 Å². The molecule has 0 saturated heterocycles. The number of rotatable bonds is 4. The van der Waals surface area contributed by atoms with Gasteiger partial charge < -0.3 is 9.64 Å². The molecule has 0 saturated carbocycles. The van der Waals surface area contributed by atoms with Gasteiger partial charge in [0.2, 0.25) is 0 Å². The van der Waals surface area contributed by atoms with Crippen molar-refractivity contribution in [3.05, 3.63) is 78.1 Å². The number of aromatic nitrogens is 1. The van der Waals surface area contributed by atoms with Crippen LogP contribution in [0.5, 0.6) is 5.75 Å². The monoisotopic (exact) mass is 358 g/mol. The Morgan fingerprint density at radius 1 is 1.11 bits per heavy atom. The second-order valence-electron chi connectivity index (χ2n) is 7.32. The zero-order chi connectivity index (χ0) is 19.0. The van der Waals surface area contributed by atoms with Crippen molar-refractivity contribution in [3.8, 4) is 5.75 Å². The highest BCUT2D eigenvalue weighted by Gasteiger charge is 2.38. The number of fused-ring (bicyclic) bond motifs is 2. The van der Waals surface area contributed by atoms with E-state index in [9.17, 15) is 4.79 Å². The molecule has 1 aliphatic rings. The van der Waals surface area contributed by atoms with E-state index in [1.165, 1.54) is 5.56 Å². The Bertz CT molecular complexity index is 1050. The molecule has 0 aliphatic carbocycles. The molecule has 3 aromatic rings. The summed E-state index contributed by atoms with van der Waals surface area (Å²) >= 11 is 0. The van der Waals surface area contributed by atoms with Crippen molar-refractivity contribution in [3.63, 3.8) is 0 Å². The van der Waals surface area contributed by atoms with Crippen LogP contribution in [0.3, 0.4) is 0 Å². The number of likely N-dealkylation sites (N-methyl/N-ethyl adjacent to an activating group) is 1. The predicted molar refractivity (Wildman–Crippen MR) is 108 cm³/mol. The number of anilines is 1. The first-order valence-electron chi connectivity index (χ1n) is 9.03. The van der Waals surface area contributed by atoms with Crippen molar-refractivity contribution in [1.29, 1.82) is 0 Å². The summed E-state index contributed by atoms with van der Waals surface area (Å²) in [6, 6.07) is 17.9. The summed E-state index contributed by atoms with van der Waals surface area (Å²) in [5, 5.41) is 0.993. The van der Waals surface area contributed by atoms with Gasteiger partial charge in [-0.15, -0.1) is 0 Å². The molecule has 0 amide bonds.